The highest BCUT2D eigenvalue weighted by Crippen LogP contribution is 2.49. The molecule has 1 N–H and O–H groups in total. The summed E-state index contributed by atoms with van der Waals surface area (Å²) in [5.41, 5.74) is -0.0296. The second-order valence-electron chi connectivity index (χ2n) is 5.70. The average Bonchev–Trinajstić information content (AvgIpc) is 2.46. The van der Waals surface area contributed by atoms with Gasteiger partial charge >= 0.3 is 0 Å². The molecule has 24 heavy (non-hydrogen) atoms. The smallest absolute Gasteiger partial charge is 0.268 e. The van der Waals surface area contributed by atoms with Gasteiger partial charge in [-0.15, -0.1) is 0 Å². The fraction of sp³-hybridized carbons (Fsp3) is 0.200. The second-order valence-corrected chi connectivity index (χ2v) is 12.2. The number of aromatic nitrogens is 1. The quantitative estimate of drug-likeness (QED) is 0.787. The van der Waals surface area contributed by atoms with E-state index in [1.54, 1.807) is 18.2 Å². The van der Waals surface area contributed by atoms with Crippen molar-refractivity contribution in [3.8, 4) is 0 Å². The Morgan fingerprint density at radius 1 is 1.04 bits per heavy atom. The van der Waals surface area contributed by atoms with Crippen LogP contribution in [0.25, 0.3) is 0 Å². The third-order valence-electron chi connectivity index (χ3n) is 3.08. The van der Waals surface area contributed by atoms with Crippen molar-refractivity contribution in [3.05, 3.63) is 52.3 Å². The van der Waals surface area contributed by atoms with Crippen LogP contribution >= 0.6 is 33.2 Å². The lowest BCUT2D eigenvalue weighted by Crippen LogP contribution is -2.31. The molecule has 1 aromatic heterocycles. The summed E-state index contributed by atoms with van der Waals surface area (Å²) in [6, 6.07) is 9.10. The number of rotatable bonds is 4. The fourth-order valence-corrected chi connectivity index (χ4v) is 4.99. The van der Waals surface area contributed by atoms with Gasteiger partial charge in [0.2, 0.25) is 0 Å². The first-order chi connectivity index (χ1) is 11.0. The van der Waals surface area contributed by atoms with Crippen molar-refractivity contribution in [3.63, 3.8) is 0 Å². The SMILES string of the molecule is CS(C)(C)c1cc(C(=O)NS(=O)(=O)c2ccccc2)c(Cl)nc1Cl. The van der Waals surface area contributed by atoms with E-state index < -0.39 is 26.0 Å². The van der Waals surface area contributed by atoms with Gasteiger partial charge in [-0.05, 0) is 37.0 Å². The van der Waals surface area contributed by atoms with Crippen LogP contribution in [0.15, 0.2) is 46.2 Å². The fourth-order valence-electron chi connectivity index (χ4n) is 1.88. The summed E-state index contributed by atoms with van der Waals surface area (Å²) in [7, 11) is -5.28. The lowest BCUT2D eigenvalue weighted by molar-refractivity contribution is 0.0981. The lowest BCUT2D eigenvalue weighted by Gasteiger charge is -2.27. The van der Waals surface area contributed by atoms with Gasteiger partial charge in [0, 0.05) is 4.90 Å². The number of pyridine rings is 1. The first kappa shape index (κ1) is 19.1. The minimum Gasteiger partial charge on any atom is -0.268 e. The third kappa shape index (κ3) is 4.22. The number of carbonyl (C=O) groups is 1. The number of hydrogen-bond acceptors (Lipinski definition) is 4. The van der Waals surface area contributed by atoms with Gasteiger partial charge in [-0.3, -0.25) is 4.79 Å². The molecule has 0 spiro atoms. The van der Waals surface area contributed by atoms with E-state index in [0.717, 1.165) is 0 Å². The summed E-state index contributed by atoms with van der Waals surface area (Å²) in [6.07, 6.45) is 5.94. The minimum absolute atomic E-state index is 0.0157. The third-order valence-corrected chi connectivity index (χ3v) is 6.75. The summed E-state index contributed by atoms with van der Waals surface area (Å²) in [4.78, 5) is 17.0. The van der Waals surface area contributed by atoms with Gasteiger partial charge in [0.15, 0.2) is 0 Å². The van der Waals surface area contributed by atoms with E-state index >= 15 is 0 Å². The molecule has 0 saturated heterocycles. The number of sulfonamides is 1. The van der Waals surface area contributed by atoms with E-state index in [-0.39, 0.29) is 20.8 Å². The van der Waals surface area contributed by atoms with Crippen LogP contribution in [0.4, 0.5) is 0 Å². The van der Waals surface area contributed by atoms with Crippen molar-refractivity contribution in [1.29, 1.82) is 0 Å². The highest BCUT2D eigenvalue weighted by molar-refractivity contribution is 8.32. The van der Waals surface area contributed by atoms with Crippen molar-refractivity contribution >= 4 is 49.2 Å². The number of nitrogens with one attached hydrogen (secondary N) is 1. The molecule has 0 aliphatic rings. The number of hydrogen-bond donors (Lipinski definition) is 1. The Kier molecular flexibility index (Phi) is 5.49. The van der Waals surface area contributed by atoms with Crippen LogP contribution in [0.5, 0.6) is 0 Å². The van der Waals surface area contributed by atoms with E-state index in [2.05, 4.69) is 4.98 Å². The molecule has 0 unspecified atom stereocenters. The van der Waals surface area contributed by atoms with Crippen LogP contribution in [-0.2, 0) is 10.0 Å². The molecule has 0 radical (unpaired) electrons. The van der Waals surface area contributed by atoms with E-state index in [4.69, 9.17) is 23.2 Å². The van der Waals surface area contributed by atoms with Gasteiger partial charge < -0.3 is 0 Å². The van der Waals surface area contributed by atoms with Crippen molar-refractivity contribution in [2.75, 3.05) is 18.8 Å². The number of halogens is 2. The summed E-state index contributed by atoms with van der Waals surface area (Å²) in [6.45, 7) is 0. The predicted octanol–water partition coefficient (Wildman–Crippen LogP) is 3.56. The maximum Gasteiger partial charge on any atom is 0.268 e. The van der Waals surface area contributed by atoms with Crippen molar-refractivity contribution < 1.29 is 13.2 Å². The summed E-state index contributed by atoms with van der Waals surface area (Å²) in [5, 5.41) is 0.0677. The van der Waals surface area contributed by atoms with Gasteiger partial charge in [-0.2, -0.15) is 0 Å². The molecule has 0 aliphatic carbocycles. The van der Waals surface area contributed by atoms with Crippen LogP contribution in [0.3, 0.4) is 0 Å². The maximum absolute atomic E-state index is 12.4. The van der Waals surface area contributed by atoms with Gasteiger partial charge in [-0.1, -0.05) is 41.4 Å². The van der Waals surface area contributed by atoms with Crippen molar-refractivity contribution in [2.45, 2.75) is 9.79 Å². The molecule has 1 heterocycles. The van der Waals surface area contributed by atoms with Crippen molar-refractivity contribution in [1.82, 2.24) is 9.71 Å². The Hall–Kier alpha value is -1.28. The average molecular weight is 407 g/mol. The Morgan fingerprint density at radius 2 is 1.62 bits per heavy atom. The Labute approximate surface area is 152 Å². The van der Waals surface area contributed by atoms with Gasteiger partial charge in [0.05, 0.1) is 10.5 Å². The minimum atomic E-state index is -4.00. The highest BCUT2D eigenvalue weighted by atomic mass is 35.5. The maximum atomic E-state index is 12.4. The molecule has 5 nitrogen and oxygen atoms in total. The van der Waals surface area contributed by atoms with Crippen LogP contribution < -0.4 is 4.72 Å². The van der Waals surface area contributed by atoms with E-state index in [9.17, 15) is 13.2 Å². The van der Waals surface area contributed by atoms with Gasteiger partial charge in [-0.25, -0.2) is 28.2 Å². The molecule has 130 valence electrons. The molecular weight excluding hydrogens is 391 g/mol. The predicted molar refractivity (Wildman–Crippen MR) is 99.0 cm³/mol. The molecule has 2 rings (SSSR count). The van der Waals surface area contributed by atoms with Crippen LogP contribution in [0.2, 0.25) is 10.3 Å². The molecule has 0 bridgehead atoms. The molecule has 9 heteroatoms. The number of carbonyl (C=O) groups excluding carboxylic acids is 1. The number of nitrogens with zero attached hydrogens (tertiary/aromatic N) is 1. The molecule has 1 amide bonds. The molecule has 0 fully saturated rings. The van der Waals surface area contributed by atoms with Crippen LogP contribution in [0, 0.1) is 0 Å². The Bertz CT molecular complexity index is 880. The Morgan fingerprint density at radius 3 is 2.17 bits per heavy atom. The van der Waals surface area contributed by atoms with E-state index in [0.29, 0.717) is 4.90 Å². The molecule has 2 aromatic rings. The van der Waals surface area contributed by atoms with Crippen molar-refractivity contribution in [2.24, 2.45) is 0 Å². The summed E-state index contributed by atoms with van der Waals surface area (Å²) in [5.74, 6) is -0.849. The number of amides is 1. The normalized spacial score (nSPS) is 12.7. The highest BCUT2D eigenvalue weighted by Gasteiger charge is 2.24. The molecule has 0 aliphatic heterocycles. The molecule has 0 atom stereocenters. The first-order valence-corrected chi connectivity index (χ1v) is 11.8. The standard InChI is InChI=1S/C15H16Cl2N2O3S2/c1-23(2,3)12-9-11(13(16)18-14(12)17)15(20)19-24(21,22)10-7-5-4-6-8-10/h4-9H,1-3H3,(H,19,20). The zero-order chi connectivity index (χ0) is 18.1. The zero-order valence-electron chi connectivity index (χ0n) is 13.2. The van der Waals surface area contributed by atoms with E-state index in [1.165, 1.54) is 18.2 Å². The van der Waals surface area contributed by atoms with Gasteiger partial charge in [0.1, 0.15) is 10.3 Å². The van der Waals surface area contributed by atoms with E-state index in [1.807, 2.05) is 23.5 Å². The molecule has 1 aromatic carbocycles. The summed E-state index contributed by atoms with van der Waals surface area (Å²) < 4.78 is 26.5. The van der Waals surface area contributed by atoms with Crippen LogP contribution in [0.1, 0.15) is 10.4 Å². The van der Waals surface area contributed by atoms with Crippen LogP contribution in [-0.4, -0.2) is 38.1 Å². The topological polar surface area (TPSA) is 76.1 Å². The lowest BCUT2D eigenvalue weighted by atomic mass is 10.3. The first-order valence-electron chi connectivity index (χ1n) is 6.69. The number of benzene rings is 1. The largest absolute Gasteiger partial charge is 0.268 e. The molecular formula is C15H16Cl2N2O3S2. The zero-order valence-corrected chi connectivity index (χ0v) is 16.4. The van der Waals surface area contributed by atoms with Gasteiger partial charge in [0.25, 0.3) is 15.9 Å². The molecule has 0 saturated carbocycles. The monoisotopic (exact) mass is 406 g/mol. The Balaban J connectivity index is 2.41. The summed E-state index contributed by atoms with van der Waals surface area (Å²) >= 11 is 12.1. The second kappa shape index (κ2) is 6.92.